The standard InChI is InChI=1S/C12H15N/c1-9-2-3-11-10(8-9)4-5-12(13-11)6-7-12/h2-3,8,13H,4-7H2,1H3. The second kappa shape index (κ2) is 2.28. The summed E-state index contributed by atoms with van der Waals surface area (Å²) in [6.07, 6.45) is 5.36. The summed E-state index contributed by atoms with van der Waals surface area (Å²) in [5.74, 6) is 0. The van der Waals surface area contributed by atoms with Gasteiger partial charge in [0.2, 0.25) is 0 Å². The van der Waals surface area contributed by atoms with E-state index in [1.807, 2.05) is 0 Å². The summed E-state index contributed by atoms with van der Waals surface area (Å²) in [4.78, 5) is 0. The highest BCUT2D eigenvalue weighted by atomic mass is 15.0. The monoisotopic (exact) mass is 173 g/mol. The van der Waals surface area contributed by atoms with E-state index in [1.165, 1.54) is 42.5 Å². The summed E-state index contributed by atoms with van der Waals surface area (Å²) >= 11 is 0. The molecule has 1 saturated carbocycles. The predicted molar refractivity (Wildman–Crippen MR) is 55.1 cm³/mol. The minimum Gasteiger partial charge on any atom is -0.379 e. The molecule has 1 aliphatic heterocycles. The van der Waals surface area contributed by atoms with Gasteiger partial charge in [0.15, 0.2) is 0 Å². The Kier molecular flexibility index (Phi) is 1.30. The third kappa shape index (κ3) is 1.14. The summed E-state index contributed by atoms with van der Waals surface area (Å²) in [6.45, 7) is 2.17. The minimum atomic E-state index is 0.516. The van der Waals surface area contributed by atoms with Crippen LogP contribution in [0.25, 0.3) is 0 Å². The summed E-state index contributed by atoms with van der Waals surface area (Å²) in [5.41, 5.74) is 4.79. The van der Waals surface area contributed by atoms with E-state index in [9.17, 15) is 0 Å². The molecule has 3 rings (SSSR count). The Morgan fingerprint density at radius 3 is 2.85 bits per heavy atom. The van der Waals surface area contributed by atoms with Gasteiger partial charge in [0.05, 0.1) is 0 Å². The molecule has 1 heterocycles. The molecule has 68 valence electrons. The third-order valence-electron chi connectivity index (χ3n) is 3.39. The highest BCUT2D eigenvalue weighted by Gasteiger charge is 2.44. The SMILES string of the molecule is Cc1ccc2c(c1)CCC1(CC1)N2. The Hall–Kier alpha value is -0.980. The van der Waals surface area contributed by atoms with Gasteiger partial charge in [-0.15, -0.1) is 0 Å². The van der Waals surface area contributed by atoms with Gasteiger partial charge in [-0.3, -0.25) is 0 Å². The second-order valence-electron chi connectivity index (χ2n) is 4.57. The van der Waals surface area contributed by atoms with Gasteiger partial charge in [-0.2, -0.15) is 0 Å². The van der Waals surface area contributed by atoms with E-state index in [4.69, 9.17) is 0 Å². The summed E-state index contributed by atoms with van der Waals surface area (Å²) < 4.78 is 0. The van der Waals surface area contributed by atoms with Crippen LogP contribution in [0.5, 0.6) is 0 Å². The Bertz CT molecular complexity index is 350. The molecule has 0 radical (unpaired) electrons. The van der Waals surface area contributed by atoms with Gasteiger partial charge in [0.1, 0.15) is 0 Å². The van der Waals surface area contributed by atoms with E-state index in [0.717, 1.165) is 0 Å². The fourth-order valence-corrected chi connectivity index (χ4v) is 2.30. The molecule has 13 heavy (non-hydrogen) atoms. The zero-order chi connectivity index (χ0) is 8.89. The molecular weight excluding hydrogens is 158 g/mol. The first kappa shape index (κ1) is 7.43. The fourth-order valence-electron chi connectivity index (χ4n) is 2.30. The van der Waals surface area contributed by atoms with Crippen molar-refractivity contribution in [2.24, 2.45) is 0 Å². The van der Waals surface area contributed by atoms with Crippen molar-refractivity contribution in [2.45, 2.75) is 38.1 Å². The van der Waals surface area contributed by atoms with Crippen LogP contribution in [0.4, 0.5) is 5.69 Å². The Balaban J connectivity index is 2.00. The van der Waals surface area contributed by atoms with Gasteiger partial charge in [-0.1, -0.05) is 17.7 Å². The predicted octanol–water partition coefficient (Wildman–Crippen LogP) is 2.89. The minimum absolute atomic E-state index is 0.516. The first-order valence-corrected chi connectivity index (χ1v) is 5.15. The van der Waals surface area contributed by atoms with Crippen molar-refractivity contribution in [2.75, 3.05) is 5.32 Å². The summed E-state index contributed by atoms with van der Waals surface area (Å²) in [5, 5.41) is 3.67. The summed E-state index contributed by atoms with van der Waals surface area (Å²) in [7, 11) is 0. The van der Waals surface area contributed by atoms with Crippen molar-refractivity contribution in [3.63, 3.8) is 0 Å². The number of hydrogen-bond acceptors (Lipinski definition) is 1. The molecular formula is C12H15N. The molecule has 0 unspecified atom stereocenters. The van der Waals surface area contributed by atoms with Crippen LogP contribution in [0.3, 0.4) is 0 Å². The normalized spacial score (nSPS) is 22.2. The van der Waals surface area contributed by atoms with Gasteiger partial charge < -0.3 is 5.32 Å². The number of hydrogen-bond donors (Lipinski definition) is 1. The zero-order valence-electron chi connectivity index (χ0n) is 8.06. The first-order chi connectivity index (χ1) is 6.27. The van der Waals surface area contributed by atoms with E-state index in [2.05, 4.69) is 30.4 Å². The quantitative estimate of drug-likeness (QED) is 0.636. The number of benzene rings is 1. The topological polar surface area (TPSA) is 12.0 Å². The fraction of sp³-hybridized carbons (Fsp3) is 0.500. The highest BCUT2D eigenvalue weighted by Crippen LogP contribution is 2.46. The molecule has 0 saturated heterocycles. The van der Waals surface area contributed by atoms with E-state index in [1.54, 1.807) is 0 Å². The third-order valence-corrected chi connectivity index (χ3v) is 3.39. The van der Waals surface area contributed by atoms with Crippen molar-refractivity contribution in [3.05, 3.63) is 29.3 Å². The van der Waals surface area contributed by atoms with E-state index in [-0.39, 0.29) is 0 Å². The zero-order valence-corrected chi connectivity index (χ0v) is 8.06. The lowest BCUT2D eigenvalue weighted by Gasteiger charge is -2.27. The number of fused-ring (bicyclic) bond motifs is 1. The number of rotatable bonds is 0. The molecule has 1 fully saturated rings. The largest absolute Gasteiger partial charge is 0.379 e. The molecule has 1 aromatic rings. The van der Waals surface area contributed by atoms with Gasteiger partial charge >= 0.3 is 0 Å². The Morgan fingerprint density at radius 2 is 2.08 bits per heavy atom. The van der Waals surface area contributed by atoms with E-state index >= 15 is 0 Å². The van der Waals surface area contributed by atoms with Gasteiger partial charge in [-0.05, 0) is 44.2 Å². The van der Waals surface area contributed by atoms with Crippen LogP contribution in [0.2, 0.25) is 0 Å². The molecule has 1 aliphatic carbocycles. The Morgan fingerprint density at radius 1 is 1.23 bits per heavy atom. The summed E-state index contributed by atoms with van der Waals surface area (Å²) in [6, 6.07) is 6.76. The lowest BCUT2D eigenvalue weighted by atomic mass is 9.95. The molecule has 0 atom stereocenters. The van der Waals surface area contributed by atoms with E-state index in [0.29, 0.717) is 5.54 Å². The van der Waals surface area contributed by atoms with Crippen LogP contribution in [-0.2, 0) is 6.42 Å². The maximum atomic E-state index is 3.67. The van der Waals surface area contributed by atoms with Gasteiger partial charge in [0, 0.05) is 11.2 Å². The molecule has 1 nitrogen and oxygen atoms in total. The van der Waals surface area contributed by atoms with Crippen LogP contribution in [0.1, 0.15) is 30.4 Å². The maximum absolute atomic E-state index is 3.67. The van der Waals surface area contributed by atoms with Gasteiger partial charge in [-0.25, -0.2) is 0 Å². The highest BCUT2D eigenvalue weighted by molar-refractivity contribution is 5.57. The molecule has 0 bridgehead atoms. The van der Waals surface area contributed by atoms with Crippen molar-refractivity contribution in [1.82, 2.24) is 0 Å². The lowest BCUT2D eigenvalue weighted by molar-refractivity contribution is 0.629. The lowest BCUT2D eigenvalue weighted by Crippen LogP contribution is -2.26. The number of aryl methyl sites for hydroxylation is 2. The van der Waals surface area contributed by atoms with Crippen molar-refractivity contribution in [1.29, 1.82) is 0 Å². The second-order valence-corrected chi connectivity index (χ2v) is 4.57. The molecule has 0 amide bonds. The molecule has 0 aromatic heterocycles. The molecule has 2 aliphatic rings. The van der Waals surface area contributed by atoms with Gasteiger partial charge in [0.25, 0.3) is 0 Å². The number of nitrogens with one attached hydrogen (secondary N) is 1. The smallest absolute Gasteiger partial charge is 0.0378 e. The number of anilines is 1. The molecule has 1 spiro atoms. The van der Waals surface area contributed by atoms with Crippen LogP contribution in [0.15, 0.2) is 18.2 Å². The Labute approximate surface area is 79.2 Å². The molecule has 1 heteroatoms. The average molecular weight is 173 g/mol. The van der Waals surface area contributed by atoms with Crippen molar-refractivity contribution >= 4 is 5.69 Å². The first-order valence-electron chi connectivity index (χ1n) is 5.15. The van der Waals surface area contributed by atoms with Crippen LogP contribution in [-0.4, -0.2) is 5.54 Å². The maximum Gasteiger partial charge on any atom is 0.0378 e. The molecule has 1 N–H and O–H groups in total. The van der Waals surface area contributed by atoms with Crippen LogP contribution in [0, 0.1) is 6.92 Å². The van der Waals surface area contributed by atoms with Crippen molar-refractivity contribution in [3.8, 4) is 0 Å². The average Bonchev–Trinajstić information content (AvgIpc) is 2.87. The molecule has 1 aromatic carbocycles. The van der Waals surface area contributed by atoms with E-state index < -0.39 is 0 Å². The van der Waals surface area contributed by atoms with Crippen LogP contribution < -0.4 is 5.32 Å². The van der Waals surface area contributed by atoms with Crippen LogP contribution >= 0.6 is 0 Å². The van der Waals surface area contributed by atoms with Crippen molar-refractivity contribution < 1.29 is 0 Å².